The monoisotopic (exact) mass is 566 g/mol. The molecule has 1 unspecified atom stereocenters. The second-order valence-electron chi connectivity index (χ2n) is 11.4. The summed E-state index contributed by atoms with van der Waals surface area (Å²) in [6, 6.07) is 36.8. The lowest BCUT2D eigenvalue weighted by atomic mass is 9.77. The largest absolute Gasteiger partial charge is 0.456 e. The Kier molecular flexibility index (Phi) is 6.66. The lowest BCUT2D eigenvalue weighted by Crippen LogP contribution is -2.33. The first-order chi connectivity index (χ1) is 21.0. The molecular weight excluding hydrogens is 532 g/mol. The van der Waals surface area contributed by atoms with Gasteiger partial charge in [-0.15, -0.1) is 0 Å². The maximum absolute atomic E-state index is 13.4. The number of hydrogen-bond acceptors (Lipinski definition) is 5. The SMILES string of the molecule is CCCCN(c1ccc(C)cc1)c1ccc2c(c1)Oc1cc(C)c(Nc3ccccc3)cc1C21OC(=O)c2ccccc21. The molecule has 0 aliphatic carbocycles. The summed E-state index contributed by atoms with van der Waals surface area (Å²) in [5, 5.41) is 3.55. The van der Waals surface area contributed by atoms with Gasteiger partial charge in [0, 0.05) is 52.1 Å². The van der Waals surface area contributed by atoms with Gasteiger partial charge in [-0.2, -0.15) is 0 Å². The Balaban J connectivity index is 1.40. The van der Waals surface area contributed by atoms with Crippen molar-refractivity contribution in [2.45, 2.75) is 39.2 Å². The molecule has 1 atom stereocenters. The molecule has 0 aromatic heterocycles. The number of nitrogens with one attached hydrogen (secondary N) is 1. The van der Waals surface area contributed by atoms with E-state index in [0.717, 1.165) is 64.4 Å². The van der Waals surface area contributed by atoms with Crippen LogP contribution in [-0.2, 0) is 10.3 Å². The van der Waals surface area contributed by atoms with Crippen LogP contribution in [0, 0.1) is 13.8 Å². The number of esters is 1. The van der Waals surface area contributed by atoms with Gasteiger partial charge >= 0.3 is 5.97 Å². The van der Waals surface area contributed by atoms with Crippen LogP contribution in [0.4, 0.5) is 22.7 Å². The quantitative estimate of drug-likeness (QED) is 0.199. The van der Waals surface area contributed by atoms with E-state index < -0.39 is 5.60 Å². The van der Waals surface area contributed by atoms with Crippen LogP contribution in [0.2, 0.25) is 0 Å². The maximum Gasteiger partial charge on any atom is 0.340 e. The van der Waals surface area contributed by atoms with E-state index in [1.807, 2.05) is 60.7 Å². The lowest BCUT2D eigenvalue weighted by Gasteiger charge is -2.38. The average molecular weight is 567 g/mol. The van der Waals surface area contributed by atoms with Crippen LogP contribution in [0.25, 0.3) is 0 Å². The van der Waals surface area contributed by atoms with Crippen LogP contribution in [0.3, 0.4) is 0 Å². The second kappa shape index (κ2) is 10.7. The van der Waals surface area contributed by atoms with Gasteiger partial charge in [0.05, 0.1) is 5.56 Å². The van der Waals surface area contributed by atoms with E-state index in [-0.39, 0.29) is 5.97 Å². The number of hydrogen-bond donors (Lipinski definition) is 1. The highest BCUT2D eigenvalue weighted by Crippen LogP contribution is 2.57. The number of carbonyl (C=O) groups is 1. The normalized spacial score (nSPS) is 16.1. The molecule has 5 aromatic rings. The van der Waals surface area contributed by atoms with E-state index in [4.69, 9.17) is 9.47 Å². The Bertz CT molecular complexity index is 1830. The minimum absolute atomic E-state index is 0.333. The van der Waals surface area contributed by atoms with E-state index >= 15 is 0 Å². The van der Waals surface area contributed by atoms with E-state index in [0.29, 0.717) is 17.1 Å². The van der Waals surface area contributed by atoms with Gasteiger partial charge in [-0.1, -0.05) is 67.4 Å². The van der Waals surface area contributed by atoms with Gasteiger partial charge < -0.3 is 19.7 Å². The molecule has 43 heavy (non-hydrogen) atoms. The molecule has 214 valence electrons. The molecule has 1 N–H and O–H groups in total. The first-order valence-corrected chi connectivity index (χ1v) is 14.9. The van der Waals surface area contributed by atoms with Gasteiger partial charge in [0.2, 0.25) is 0 Å². The molecular formula is C38H34N2O3. The maximum atomic E-state index is 13.4. The smallest absolute Gasteiger partial charge is 0.340 e. The Morgan fingerprint density at radius 1 is 0.744 bits per heavy atom. The van der Waals surface area contributed by atoms with Crippen LogP contribution < -0.4 is 15.0 Å². The highest BCUT2D eigenvalue weighted by Gasteiger charge is 2.53. The van der Waals surface area contributed by atoms with Gasteiger partial charge in [-0.3, -0.25) is 0 Å². The summed E-state index contributed by atoms with van der Waals surface area (Å²) < 4.78 is 13.2. The first kappa shape index (κ1) is 26.8. The van der Waals surface area contributed by atoms with Crippen molar-refractivity contribution in [2.75, 3.05) is 16.8 Å². The number of rotatable bonds is 7. The summed E-state index contributed by atoms with van der Waals surface area (Å²) >= 11 is 0. The van der Waals surface area contributed by atoms with Gasteiger partial charge in [-0.05, 0) is 80.4 Å². The summed E-state index contributed by atoms with van der Waals surface area (Å²) in [5.41, 5.74) is 8.22. The molecule has 2 heterocycles. The number of unbranched alkanes of at least 4 members (excludes halogenated alkanes) is 1. The molecule has 0 fully saturated rings. The van der Waals surface area contributed by atoms with Gasteiger partial charge in [0.25, 0.3) is 0 Å². The molecule has 5 heteroatoms. The Morgan fingerprint density at radius 3 is 2.26 bits per heavy atom. The zero-order chi connectivity index (χ0) is 29.6. The zero-order valence-corrected chi connectivity index (χ0v) is 24.7. The molecule has 7 rings (SSSR count). The van der Waals surface area contributed by atoms with Crippen molar-refractivity contribution in [1.82, 2.24) is 0 Å². The molecule has 5 nitrogen and oxygen atoms in total. The third kappa shape index (κ3) is 4.52. The molecule has 0 amide bonds. The Labute approximate surface area is 252 Å². The Hall–Kier alpha value is -5.03. The fourth-order valence-corrected chi connectivity index (χ4v) is 6.24. The fourth-order valence-electron chi connectivity index (χ4n) is 6.24. The van der Waals surface area contributed by atoms with Gasteiger partial charge in [0.1, 0.15) is 11.5 Å². The highest BCUT2D eigenvalue weighted by atomic mass is 16.6. The molecule has 2 aliphatic rings. The average Bonchev–Trinajstić information content (AvgIpc) is 3.32. The van der Waals surface area contributed by atoms with Crippen molar-refractivity contribution >= 4 is 28.7 Å². The predicted octanol–water partition coefficient (Wildman–Crippen LogP) is 9.55. The summed E-state index contributed by atoms with van der Waals surface area (Å²) in [7, 11) is 0. The summed E-state index contributed by atoms with van der Waals surface area (Å²) in [5.74, 6) is 1.04. The highest BCUT2D eigenvalue weighted by molar-refractivity contribution is 5.97. The van der Waals surface area contributed by atoms with Crippen molar-refractivity contribution < 1.29 is 14.3 Å². The van der Waals surface area contributed by atoms with Crippen molar-refractivity contribution in [3.05, 3.63) is 143 Å². The summed E-state index contributed by atoms with van der Waals surface area (Å²) in [4.78, 5) is 15.8. The number of fused-ring (bicyclic) bond motifs is 6. The Morgan fingerprint density at radius 2 is 1.47 bits per heavy atom. The van der Waals surface area contributed by atoms with E-state index in [1.54, 1.807) is 0 Å². The van der Waals surface area contributed by atoms with Crippen LogP contribution in [0.1, 0.15) is 57.9 Å². The lowest BCUT2D eigenvalue weighted by molar-refractivity contribution is 0.0224. The third-order valence-corrected chi connectivity index (χ3v) is 8.49. The summed E-state index contributed by atoms with van der Waals surface area (Å²) in [6.07, 6.45) is 2.14. The third-order valence-electron chi connectivity index (χ3n) is 8.49. The fraction of sp³-hybridized carbons (Fsp3) is 0.184. The predicted molar refractivity (Wildman–Crippen MR) is 172 cm³/mol. The minimum atomic E-state index is -1.13. The number of aryl methyl sites for hydroxylation is 2. The molecule has 0 saturated heterocycles. The number of carbonyl (C=O) groups excluding carboxylic acids is 1. The van der Waals surface area contributed by atoms with Crippen molar-refractivity contribution in [3.8, 4) is 11.5 Å². The van der Waals surface area contributed by atoms with Crippen LogP contribution >= 0.6 is 0 Å². The molecule has 0 radical (unpaired) electrons. The second-order valence-corrected chi connectivity index (χ2v) is 11.4. The number of para-hydroxylation sites is 1. The first-order valence-electron chi connectivity index (χ1n) is 14.9. The number of benzene rings is 5. The molecule has 1 spiro atoms. The van der Waals surface area contributed by atoms with Gasteiger partial charge in [-0.25, -0.2) is 4.79 Å². The van der Waals surface area contributed by atoms with Gasteiger partial charge in [0.15, 0.2) is 5.60 Å². The molecule has 2 aliphatic heterocycles. The number of anilines is 4. The molecule has 0 saturated carbocycles. The van der Waals surface area contributed by atoms with Crippen LogP contribution in [0.15, 0.2) is 109 Å². The van der Waals surface area contributed by atoms with Crippen molar-refractivity contribution in [2.24, 2.45) is 0 Å². The standard InChI is InChI=1S/C38H34N2O3/c1-4-5-21-40(28-17-15-25(2)16-18-28)29-19-20-32-36(23-29)42-35-22-26(3)34(39-27-11-7-6-8-12-27)24-33(35)38(32)31-14-10-9-13-30(31)37(41)43-38/h6-20,22-24,39H,4-5,21H2,1-3H3. The molecule has 5 aromatic carbocycles. The van der Waals surface area contributed by atoms with Crippen LogP contribution in [-0.4, -0.2) is 12.5 Å². The van der Waals surface area contributed by atoms with E-state index in [1.165, 1.54) is 5.56 Å². The number of ether oxygens (including phenoxy) is 2. The zero-order valence-electron chi connectivity index (χ0n) is 24.7. The van der Waals surface area contributed by atoms with E-state index in [2.05, 4.69) is 79.5 Å². The van der Waals surface area contributed by atoms with Crippen molar-refractivity contribution in [3.63, 3.8) is 0 Å². The van der Waals surface area contributed by atoms with Crippen LogP contribution in [0.5, 0.6) is 11.5 Å². The number of nitrogens with zero attached hydrogens (tertiary/aromatic N) is 1. The van der Waals surface area contributed by atoms with Crippen molar-refractivity contribution in [1.29, 1.82) is 0 Å². The molecule has 0 bridgehead atoms. The summed E-state index contributed by atoms with van der Waals surface area (Å²) in [6.45, 7) is 7.25. The van der Waals surface area contributed by atoms with E-state index in [9.17, 15) is 4.79 Å². The minimum Gasteiger partial charge on any atom is -0.456 e. The topological polar surface area (TPSA) is 50.8 Å².